The number of hydrogen-bond acceptors (Lipinski definition) is 2. The number of piperazine rings is 1. The molecule has 2 rings (SSSR count). The molecule has 2 heterocycles. The van der Waals surface area contributed by atoms with Gasteiger partial charge < -0.3 is 0 Å². The average Bonchev–Trinajstić information content (AvgIpc) is 2.79. The minimum Gasteiger partial charge on any atom is -0.298 e. The molecule has 2 saturated heterocycles. The van der Waals surface area contributed by atoms with Crippen LogP contribution in [0, 0.1) is 0 Å². The molecule has 0 aromatic rings. The minimum atomic E-state index is 0.466. The first-order valence-electron chi connectivity index (χ1n) is 7.67. The molecule has 2 atom stereocenters. The number of nitrogens with zero attached hydrogens (tertiary/aromatic N) is 2. The average molecular weight is 238 g/mol. The lowest BCUT2D eigenvalue weighted by Gasteiger charge is -2.52. The Morgan fingerprint density at radius 2 is 1.71 bits per heavy atom. The van der Waals surface area contributed by atoms with E-state index in [1.165, 1.54) is 51.7 Å². The largest absolute Gasteiger partial charge is 0.298 e. The highest BCUT2D eigenvalue weighted by Crippen LogP contribution is 2.35. The highest BCUT2D eigenvalue weighted by Gasteiger charge is 2.42. The third-order valence-electron chi connectivity index (χ3n) is 5.52. The lowest BCUT2D eigenvalue weighted by molar-refractivity contribution is -0.0308. The van der Waals surface area contributed by atoms with E-state index in [2.05, 4.69) is 37.5 Å². The van der Waals surface area contributed by atoms with E-state index in [-0.39, 0.29) is 0 Å². The molecule has 2 nitrogen and oxygen atoms in total. The van der Waals surface area contributed by atoms with Crippen molar-refractivity contribution in [3.05, 3.63) is 0 Å². The fourth-order valence-electron chi connectivity index (χ4n) is 4.21. The van der Waals surface area contributed by atoms with E-state index in [1.54, 1.807) is 0 Å². The van der Waals surface area contributed by atoms with Crippen LogP contribution >= 0.6 is 0 Å². The summed E-state index contributed by atoms with van der Waals surface area (Å²) in [6.07, 6.45) is 6.75. The summed E-state index contributed by atoms with van der Waals surface area (Å²) >= 11 is 0. The van der Waals surface area contributed by atoms with Gasteiger partial charge in [0, 0.05) is 30.7 Å². The highest BCUT2D eigenvalue weighted by atomic mass is 15.3. The summed E-state index contributed by atoms with van der Waals surface area (Å²) in [5.74, 6) is 0. The molecule has 100 valence electrons. The molecule has 0 saturated carbocycles. The van der Waals surface area contributed by atoms with Crippen LogP contribution in [0.25, 0.3) is 0 Å². The number of hydrogen-bond donors (Lipinski definition) is 0. The van der Waals surface area contributed by atoms with Crippen LogP contribution in [0.3, 0.4) is 0 Å². The van der Waals surface area contributed by atoms with Crippen molar-refractivity contribution in [2.45, 2.75) is 77.4 Å². The van der Waals surface area contributed by atoms with E-state index in [0.717, 1.165) is 12.1 Å². The zero-order chi connectivity index (χ0) is 12.5. The molecular weight excluding hydrogens is 208 g/mol. The van der Waals surface area contributed by atoms with E-state index >= 15 is 0 Å². The predicted molar refractivity (Wildman–Crippen MR) is 74.4 cm³/mol. The van der Waals surface area contributed by atoms with Gasteiger partial charge in [0.2, 0.25) is 0 Å². The first-order valence-corrected chi connectivity index (χ1v) is 7.67. The van der Waals surface area contributed by atoms with Gasteiger partial charge in [-0.2, -0.15) is 0 Å². The van der Waals surface area contributed by atoms with Gasteiger partial charge in [-0.15, -0.1) is 0 Å². The maximum atomic E-state index is 2.85. The van der Waals surface area contributed by atoms with Crippen molar-refractivity contribution in [1.29, 1.82) is 0 Å². The first kappa shape index (κ1) is 13.4. The summed E-state index contributed by atoms with van der Waals surface area (Å²) in [5.41, 5.74) is 0.466. The second-order valence-electron chi connectivity index (χ2n) is 6.08. The molecule has 17 heavy (non-hydrogen) atoms. The van der Waals surface area contributed by atoms with Crippen molar-refractivity contribution in [3.63, 3.8) is 0 Å². The van der Waals surface area contributed by atoms with E-state index in [9.17, 15) is 0 Å². The lowest BCUT2D eigenvalue weighted by Crippen LogP contribution is -2.62. The summed E-state index contributed by atoms with van der Waals surface area (Å²) in [6.45, 7) is 13.5. The maximum Gasteiger partial charge on any atom is 0.0224 e. The van der Waals surface area contributed by atoms with Gasteiger partial charge in [-0.1, -0.05) is 20.8 Å². The van der Waals surface area contributed by atoms with Crippen molar-refractivity contribution in [3.8, 4) is 0 Å². The zero-order valence-electron chi connectivity index (χ0n) is 12.2. The van der Waals surface area contributed by atoms with Gasteiger partial charge in [-0.25, -0.2) is 0 Å². The van der Waals surface area contributed by atoms with Crippen LogP contribution in [0.4, 0.5) is 0 Å². The van der Waals surface area contributed by atoms with E-state index < -0.39 is 0 Å². The molecule has 0 aliphatic carbocycles. The van der Waals surface area contributed by atoms with E-state index in [0.29, 0.717) is 5.54 Å². The van der Waals surface area contributed by atoms with Crippen LogP contribution in [0.15, 0.2) is 0 Å². The van der Waals surface area contributed by atoms with Crippen LogP contribution < -0.4 is 0 Å². The SMILES string of the molecule is CCC(CC)(CC)N1CC2CCCN2CC1C. The van der Waals surface area contributed by atoms with E-state index in [4.69, 9.17) is 0 Å². The quantitative estimate of drug-likeness (QED) is 0.742. The molecule has 0 radical (unpaired) electrons. The van der Waals surface area contributed by atoms with Crippen molar-refractivity contribution < 1.29 is 0 Å². The third-order valence-corrected chi connectivity index (χ3v) is 5.52. The van der Waals surface area contributed by atoms with Crippen molar-refractivity contribution in [2.24, 2.45) is 0 Å². The summed E-state index contributed by atoms with van der Waals surface area (Å²) in [4.78, 5) is 5.58. The molecule has 2 heteroatoms. The molecule has 2 fully saturated rings. The summed E-state index contributed by atoms with van der Waals surface area (Å²) < 4.78 is 0. The van der Waals surface area contributed by atoms with Gasteiger partial charge in [0.15, 0.2) is 0 Å². The molecular formula is C15H30N2. The van der Waals surface area contributed by atoms with Crippen LogP contribution in [0.1, 0.15) is 59.8 Å². The second kappa shape index (κ2) is 5.27. The molecule has 2 aliphatic rings. The molecule has 0 aromatic heterocycles. The van der Waals surface area contributed by atoms with E-state index in [1.807, 2.05) is 0 Å². The van der Waals surface area contributed by atoms with Crippen LogP contribution in [0.2, 0.25) is 0 Å². The molecule has 0 N–H and O–H groups in total. The van der Waals surface area contributed by atoms with Gasteiger partial charge in [-0.3, -0.25) is 9.80 Å². The van der Waals surface area contributed by atoms with Crippen molar-refractivity contribution >= 4 is 0 Å². The van der Waals surface area contributed by atoms with Crippen molar-refractivity contribution in [1.82, 2.24) is 9.80 Å². The van der Waals surface area contributed by atoms with Gasteiger partial charge in [-0.05, 0) is 45.6 Å². The maximum absolute atomic E-state index is 2.85. The predicted octanol–water partition coefficient (Wildman–Crippen LogP) is 3.12. The van der Waals surface area contributed by atoms with Crippen LogP contribution in [0.5, 0.6) is 0 Å². The molecule has 0 aromatic carbocycles. The highest BCUT2D eigenvalue weighted by molar-refractivity contribution is 4.98. The topological polar surface area (TPSA) is 6.48 Å². The monoisotopic (exact) mass is 238 g/mol. The standard InChI is InChI=1S/C15H30N2/c1-5-15(6-2,7-3)17-12-14-9-8-10-16(14)11-13(17)4/h13-14H,5-12H2,1-4H3. The zero-order valence-corrected chi connectivity index (χ0v) is 12.2. The Bertz CT molecular complexity index is 239. The Hall–Kier alpha value is -0.0800. The normalized spacial score (nSPS) is 31.8. The summed E-state index contributed by atoms with van der Waals surface area (Å²) in [7, 11) is 0. The Labute approximate surface area is 107 Å². The molecule has 0 amide bonds. The third kappa shape index (κ3) is 2.26. The number of rotatable bonds is 4. The Kier molecular flexibility index (Phi) is 4.14. The van der Waals surface area contributed by atoms with Gasteiger partial charge >= 0.3 is 0 Å². The van der Waals surface area contributed by atoms with Gasteiger partial charge in [0.1, 0.15) is 0 Å². The molecule has 2 unspecified atom stereocenters. The Morgan fingerprint density at radius 3 is 2.29 bits per heavy atom. The minimum absolute atomic E-state index is 0.466. The fraction of sp³-hybridized carbons (Fsp3) is 1.00. The van der Waals surface area contributed by atoms with Crippen LogP contribution in [-0.2, 0) is 0 Å². The Morgan fingerprint density at radius 1 is 1.06 bits per heavy atom. The second-order valence-corrected chi connectivity index (χ2v) is 6.08. The molecule has 0 bridgehead atoms. The lowest BCUT2D eigenvalue weighted by atomic mass is 9.85. The smallest absolute Gasteiger partial charge is 0.0224 e. The summed E-state index contributed by atoms with van der Waals surface area (Å²) in [5, 5.41) is 0. The summed E-state index contributed by atoms with van der Waals surface area (Å²) in [6, 6.07) is 1.60. The van der Waals surface area contributed by atoms with Gasteiger partial charge in [0.05, 0.1) is 0 Å². The van der Waals surface area contributed by atoms with Crippen LogP contribution in [-0.4, -0.2) is 47.1 Å². The number of fused-ring (bicyclic) bond motifs is 1. The van der Waals surface area contributed by atoms with Gasteiger partial charge in [0.25, 0.3) is 0 Å². The van der Waals surface area contributed by atoms with Crippen molar-refractivity contribution in [2.75, 3.05) is 19.6 Å². The molecule has 2 aliphatic heterocycles. The Balaban J connectivity index is 2.13. The fourth-order valence-corrected chi connectivity index (χ4v) is 4.21. The molecule has 0 spiro atoms. The first-order chi connectivity index (χ1) is 8.16.